The van der Waals surface area contributed by atoms with E-state index < -0.39 is 0 Å². The molecule has 0 atom stereocenters. The Bertz CT molecular complexity index is 640. The van der Waals surface area contributed by atoms with E-state index in [4.69, 9.17) is 5.11 Å². The van der Waals surface area contributed by atoms with Gasteiger partial charge in [-0.3, -0.25) is 19.3 Å². The summed E-state index contributed by atoms with van der Waals surface area (Å²) in [4.78, 5) is 37.9. The molecule has 2 rings (SSSR count). The lowest BCUT2D eigenvalue weighted by molar-refractivity contribution is 0.0609. The summed E-state index contributed by atoms with van der Waals surface area (Å²) in [6, 6.07) is 4.41. The largest absolute Gasteiger partial charge is 0.396 e. The molecule has 0 saturated carbocycles. The lowest BCUT2D eigenvalue weighted by atomic mass is 10.1. The van der Waals surface area contributed by atoms with Crippen molar-refractivity contribution < 1.29 is 19.5 Å². The number of aliphatic hydroxyl groups excluding tert-OH is 1. The van der Waals surface area contributed by atoms with Crippen LogP contribution in [0.1, 0.15) is 70.6 Å². The summed E-state index contributed by atoms with van der Waals surface area (Å²) in [5.74, 6) is -0.896. The van der Waals surface area contributed by atoms with Crippen LogP contribution >= 0.6 is 0 Å². The standard InChI is InChI=1S/C18H24N2O4/c1-12(2)20-17(23)14-8-7-13(11-15(14)18(20)24)16(22)19-9-5-3-4-6-10-21/h7-8,11-12,21H,3-6,9-10H2,1-2H3,(H,19,22). The predicted molar refractivity (Wildman–Crippen MR) is 90.0 cm³/mol. The van der Waals surface area contributed by atoms with Crippen molar-refractivity contribution >= 4 is 17.7 Å². The molecule has 130 valence electrons. The normalized spacial score (nSPS) is 13.6. The van der Waals surface area contributed by atoms with Gasteiger partial charge in [0, 0.05) is 24.8 Å². The minimum atomic E-state index is -0.344. The van der Waals surface area contributed by atoms with E-state index in [1.54, 1.807) is 26.0 Å². The molecule has 1 aliphatic rings. The van der Waals surface area contributed by atoms with Crippen LogP contribution in [-0.4, -0.2) is 46.9 Å². The van der Waals surface area contributed by atoms with Crippen LogP contribution in [0, 0.1) is 0 Å². The second-order valence-corrected chi connectivity index (χ2v) is 6.23. The summed E-state index contributed by atoms with van der Waals surface area (Å²) in [6.07, 6.45) is 3.50. The molecule has 0 aliphatic carbocycles. The van der Waals surface area contributed by atoms with Crippen LogP contribution in [0.2, 0.25) is 0 Å². The Morgan fingerprint density at radius 3 is 2.42 bits per heavy atom. The molecule has 1 heterocycles. The summed E-state index contributed by atoms with van der Waals surface area (Å²) in [5.41, 5.74) is 1.04. The van der Waals surface area contributed by atoms with Crippen molar-refractivity contribution in [2.45, 2.75) is 45.6 Å². The van der Waals surface area contributed by atoms with Crippen molar-refractivity contribution in [3.63, 3.8) is 0 Å². The van der Waals surface area contributed by atoms with Gasteiger partial charge in [-0.15, -0.1) is 0 Å². The molecule has 0 saturated heterocycles. The van der Waals surface area contributed by atoms with E-state index in [2.05, 4.69) is 5.32 Å². The van der Waals surface area contributed by atoms with E-state index in [-0.39, 0.29) is 30.4 Å². The van der Waals surface area contributed by atoms with E-state index in [0.717, 1.165) is 25.7 Å². The smallest absolute Gasteiger partial charge is 0.261 e. The monoisotopic (exact) mass is 332 g/mol. The number of nitrogens with zero attached hydrogens (tertiary/aromatic N) is 1. The predicted octanol–water partition coefficient (Wildman–Crippen LogP) is 1.97. The maximum Gasteiger partial charge on any atom is 0.261 e. The third-order valence-corrected chi connectivity index (χ3v) is 4.07. The van der Waals surface area contributed by atoms with Crippen molar-refractivity contribution in [1.29, 1.82) is 0 Å². The van der Waals surface area contributed by atoms with Crippen molar-refractivity contribution in [2.24, 2.45) is 0 Å². The lowest BCUT2D eigenvalue weighted by Gasteiger charge is -2.17. The van der Waals surface area contributed by atoms with Gasteiger partial charge in [0.1, 0.15) is 0 Å². The molecule has 0 unspecified atom stereocenters. The molecular formula is C18H24N2O4. The van der Waals surface area contributed by atoms with Gasteiger partial charge in [0.25, 0.3) is 17.7 Å². The number of imide groups is 1. The van der Waals surface area contributed by atoms with Gasteiger partial charge in [0.15, 0.2) is 0 Å². The summed E-state index contributed by atoms with van der Waals surface area (Å²) < 4.78 is 0. The van der Waals surface area contributed by atoms with Gasteiger partial charge in [-0.25, -0.2) is 0 Å². The third-order valence-electron chi connectivity index (χ3n) is 4.07. The zero-order valence-electron chi connectivity index (χ0n) is 14.2. The molecule has 6 nitrogen and oxygen atoms in total. The van der Waals surface area contributed by atoms with Crippen LogP contribution in [0.3, 0.4) is 0 Å². The molecule has 3 amide bonds. The van der Waals surface area contributed by atoms with Gasteiger partial charge in [0.2, 0.25) is 0 Å². The summed E-state index contributed by atoms with van der Waals surface area (Å²) >= 11 is 0. The van der Waals surface area contributed by atoms with Crippen LogP contribution in [0.5, 0.6) is 0 Å². The van der Waals surface area contributed by atoms with Crippen LogP contribution in [0.15, 0.2) is 18.2 Å². The highest BCUT2D eigenvalue weighted by atomic mass is 16.3. The number of fused-ring (bicyclic) bond motifs is 1. The Labute approximate surface area is 141 Å². The van der Waals surface area contributed by atoms with E-state index in [1.807, 2.05) is 0 Å². The highest BCUT2D eigenvalue weighted by Crippen LogP contribution is 2.25. The first-order chi connectivity index (χ1) is 11.5. The molecule has 2 N–H and O–H groups in total. The number of benzene rings is 1. The number of amides is 3. The quantitative estimate of drug-likeness (QED) is 0.563. The third kappa shape index (κ3) is 3.82. The number of nitrogens with one attached hydrogen (secondary N) is 1. The zero-order chi connectivity index (χ0) is 17.7. The fourth-order valence-electron chi connectivity index (χ4n) is 2.76. The molecule has 24 heavy (non-hydrogen) atoms. The van der Waals surface area contributed by atoms with E-state index in [1.165, 1.54) is 11.0 Å². The number of unbranched alkanes of at least 4 members (excludes halogenated alkanes) is 3. The van der Waals surface area contributed by atoms with Gasteiger partial charge >= 0.3 is 0 Å². The molecular weight excluding hydrogens is 308 g/mol. The first-order valence-electron chi connectivity index (χ1n) is 8.38. The fraction of sp³-hybridized carbons (Fsp3) is 0.500. The van der Waals surface area contributed by atoms with Gasteiger partial charge in [-0.2, -0.15) is 0 Å². The van der Waals surface area contributed by atoms with Crippen molar-refractivity contribution in [1.82, 2.24) is 10.2 Å². The van der Waals surface area contributed by atoms with Crippen LogP contribution in [0.25, 0.3) is 0 Å². The van der Waals surface area contributed by atoms with Crippen molar-refractivity contribution in [2.75, 3.05) is 13.2 Å². The number of hydrogen-bond donors (Lipinski definition) is 2. The highest BCUT2D eigenvalue weighted by Gasteiger charge is 2.37. The number of carbonyl (C=O) groups excluding carboxylic acids is 3. The van der Waals surface area contributed by atoms with E-state index in [0.29, 0.717) is 23.2 Å². The summed E-state index contributed by atoms with van der Waals surface area (Å²) in [6.45, 7) is 4.31. The Morgan fingerprint density at radius 1 is 1.08 bits per heavy atom. The van der Waals surface area contributed by atoms with Crippen molar-refractivity contribution in [3.05, 3.63) is 34.9 Å². The van der Waals surface area contributed by atoms with E-state index >= 15 is 0 Å². The molecule has 6 heteroatoms. The molecule has 0 fully saturated rings. The highest BCUT2D eigenvalue weighted by molar-refractivity contribution is 6.22. The Kier molecular flexibility index (Phi) is 6.09. The topological polar surface area (TPSA) is 86.7 Å². The molecule has 0 spiro atoms. The SMILES string of the molecule is CC(C)N1C(=O)c2ccc(C(=O)NCCCCCCO)cc2C1=O. The number of hydrogen-bond acceptors (Lipinski definition) is 4. The average Bonchev–Trinajstić information content (AvgIpc) is 2.81. The lowest BCUT2D eigenvalue weighted by Crippen LogP contribution is -2.35. The summed E-state index contributed by atoms with van der Waals surface area (Å²) in [5, 5.41) is 11.5. The first kappa shape index (κ1) is 18.1. The molecule has 0 aromatic heterocycles. The number of rotatable bonds is 8. The Hall–Kier alpha value is -2.21. The average molecular weight is 332 g/mol. The van der Waals surface area contributed by atoms with Crippen molar-refractivity contribution in [3.8, 4) is 0 Å². The minimum absolute atomic E-state index is 0.196. The molecule has 1 aliphatic heterocycles. The zero-order valence-corrected chi connectivity index (χ0v) is 14.2. The fourth-order valence-corrected chi connectivity index (χ4v) is 2.76. The first-order valence-corrected chi connectivity index (χ1v) is 8.38. The van der Waals surface area contributed by atoms with E-state index in [9.17, 15) is 14.4 Å². The molecule has 0 radical (unpaired) electrons. The van der Waals surface area contributed by atoms with Gasteiger partial charge in [-0.1, -0.05) is 12.8 Å². The second kappa shape index (κ2) is 8.06. The molecule has 1 aromatic carbocycles. The van der Waals surface area contributed by atoms with Crippen LogP contribution < -0.4 is 5.32 Å². The van der Waals surface area contributed by atoms with Crippen LogP contribution in [0.4, 0.5) is 0 Å². The maximum atomic E-state index is 12.3. The maximum absolute atomic E-state index is 12.3. The minimum Gasteiger partial charge on any atom is -0.396 e. The number of aliphatic hydroxyl groups is 1. The van der Waals surface area contributed by atoms with Gasteiger partial charge in [0.05, 0.1) is 11.1 Å². The van der Waals surface area contributed by atoms with Gasteiger partial charge < -0.3 is 10.4 Å². The second-order valence-electron chi connectivity index (χ2n) is 6.23. The molecule has 1 aromatic rings. The van der Waals surface area contributed by atoms with Gasteiger partial charge in [-0.05, 0) is 44.9 Å². The number of carbonyl (C=O) groups is 3. The Morgan fingerprint density at radius 2 is 1.75 bits per heavy atom. The summed E-state index contributed by atoms with van der Waals surface area (Å²) in [7, 11) is 0. The molecule has 0 bridgehead atoms. The Balaban J connectivity index is 1.98. The van der Waals surface area contributed by atoms with Crippen LogP contribution in [-0.2, 0) is 0 Å².